The highest BCUT2D eigenvalue weighted by atomic mass is 16.3. The zero-order chi connectivity index (χ0) is 20.1. The van der Waals surface area contributed by atoms with Crippen molar-refractivity contribution in [2.75, 3.05) is 0 Å². The SMILES string of the molecule is CC(C)C(C)/C=C/C(C)C1CC=C2C3CCc4cc(O)ccc4C3CCC21C. The number of hydrogen-bond acceptors (Lipinski definition) is 1. The van der Waals surface area contributed by atoms with Crippen LogP contribution in [0.25, 0.3) is 0 Å². The summed E-state index contributed by atoms with van der Waals surface area (Å²) in [6.07, 6.45) is 13.8. The van der Waals surface area contributed by atoms with Crippen molar-refractivity contribution >= 4 is 0 Å². The number of benzene rings is 1. The summed E-state index contributed by atoms with van der Waals surface area (Å²) >= 11 is 0. The maximum absolute atomic E-state index is 9.88. The molecule has 28 heavy (non-hydrogen) atoms. The van der Waals surface area contributed by atoms with Crippen LogP contribution in [0.2, 0.25) is 0 Å². The molecule has 1 aromatic carbocycles. The summed E-state index contributed by atoms with van der Waals surface area (Å²) in [5.74, 6) is 4.57. The van der Waals surface area contributed by atoms with E-state index in [-0.39, 0.29) is 0 Å². The summed E-state index contributed by atoms with van der Waals surface area (Å²) < 4.78 is 0. The van der Waals surface area contributed by atoms with Crippen LogP contribution in [-0.4, -0.2) is 5.11 Å². The Morgan fingerprint density at radius 2 is 1.86 bits per heavy atom. The van der Waals surface area contributed by atoms with E-state index in [1.54, 1.807) is 5.57 Å². The van der Waals surface area contributed by atoms with E-state index in [1.165, 1.54) is 36.8 Å². The van der Waals surface area contributed by atoms with Crippen molar-refractivity contribution in [3.8, 4) is 5.75 Å². The molecular weight excluding hydrogens is 340 g/mol. The highest BCUT2D eigenvalue weighted by Gasteiger charge is 2.51. The third-order valence-corrected chi connectivity index (χ3v) is 8.58. The first-order chi connectivity index (χ1) is 13.3. The molecule has 152 valence electrons. The Labute approximate surface area is 171 Å². The molecule has 3 aliphatic rings. The smallest absolute Gasteiger partial charge is 0.115 e. The Balaban J connectivity index is 1.54. The molecule has 1 N–H and O–H groups in total. The van der Waals surface area contributed by atoms with Crippen LogP contribution in [-0.2, 0) is 6.42 Å². The van der Waals surface area contributed by atoms with Crippen molar-refractivity contribution in [2.45, 2.75) is 72.6 Å². The lowest BCUT2D eigenvalue weighted by molar-refractivity contribution is 0.134. The minimum Gasteiger partial charge on any atom is -0.508 e. The topological polar surface area (TPSA) is 20.2 Å². The monoisotopic (exact) mass is 378 g/mol. The number of fused-ring (bicyclic) bond motifs is 5. The fraction of sp³-hybridized carbons (Fsp3) is 0.630. The molecule has 6 atom stereocenters. The van der Waals surface area contributed by atoms with Crippen LogP contribution in [0.1, 0.15) is 77.3 Å². The predicted octanol–water partition coefficient (Wildman–Crippen LogP) is 7.27. The lowest BCUT2D eigenvalue weighted by Crippen LogP contribution is -2.39. The Morgan fingerprint density at radius 1 is 1.07 bits per heavy atom. The molecule has 0 aromatic heterocycles. The maximum atomic E-state index is 9.88. The molecular formula is C27H38O. The van der Waals surface area contributed by atoms with Crippen LogP contribution in [0.4, 0.5) is 0 Å². The number of phenolic OH excluding ortho intramolecular Hbond substituents is 1. The van der Waals surface area contributed by atoms with E-state index in [0.29, 0.717) is 40.8 Å². The van der Waals surface area contributed by atoms with Crippen LogP contribution < -0.4 is 0 Å². The van der Waals surface area contributed by atoms with Gasteiger partial charge in [-0.1, -0.05) is 64.5 Å². The molecule has 4 rings (SSSR count). The van der Waals surface area contributed by atoms with Gasteiger partial charge in [0.15, 0.2) is 0 Å². The van der Waals surface area contributed by atoms with E-state index in [4.69, 9.17) is 0 Å². The fourth-order valence-electron chi connectivity index (χ4n) is 6.45. The third kappa shape index (κ3) is 3.25. The Bertz CT molecular complexity index is 785. The second-order valence-corrected chi connectivity index (χ2v) is 10.4. The van der Waals surface area contributed by atoms with Crippen molar-refractivity contribution in [1.82, 2.24) is 0 Å². The molecule has 0 spiro atoms. The Morgan fingerprint density at radius 3 is 2.61 bits per heavy atom. The summed E-state index contributed by atoms with van der Waals surface area (Å²) in [5.41, 5.74) is 5.04. The number of hydrogen-bond donors (Lipinski definition) is 1. The van der Waals surface area contributed by atoms with E-state index >= 15 is 0 Å². The van der Waals surface area contributed by atoms with Crippen molar-refractivity contribution in [2.24, 2.45) is 35.0 Å². The first-order valence-corrected chi connectivity index (χ1v) is 11.5. The summed E-state index contributed by atoms with van der Waals surface area (Å²) in [5, 5.41) is 9.88. The largest absolute Gasteiger partial charge is 0.508 e. The second kappa shape index (κ2) is 7.39. The Hall–Kier alpha value is -1.50. The van der Waals surface area contributed by atoms with Gasteiger partial charge in [0.25, 0.3) is 0 Å². The van der Waals surface area contributed by atoms with Gasteiger partial charge < -0.3 is 5.11 Å². The lowest BCUT2D eigenvalue weighted by Gasteiger charge is -2.49. The molecule has 6 unspecified atom stereocenters. The molecule has 1 heteroatoms. The predicted molar refractivity (Wildman–Crippen MR) is 118 cm³/mol. The molecule has 0 amide bonds. The van der Waals surface area contributed by atoms with Crippen molar-refractivity contribution in [1.29, 1.82) is 0 Å². The van der Waals surface area contributed by atoms with Crippen molar-refractivity contribution in [3.63, 3.8) is 0 Å². The normalized spacial score (nSPS) is 33.9. The third-order valence-electron chi connectivity index (χ3n) is 8.58. The highest BCUT2D eigenvalue weighted by Crippen LogP contribution is 2.62. The van der Waals surface area contributed by atoms with Crippen LogP contribution in [0.5, 0.6) is 5.75 Å². The molecule has 1 saturated carbocycles. The van der Waals surface area contributed by atoms with Gasteiger partial charge in [0.2, 0.25) is 0 Å². The van der Waals surface area contributed by atoms with Crippen LogP contribution in [0.15, 0.2) is 42.0 Å². The van der Waals surface area contributed by atoms with Gasteiger partial charge in [0, 0.05) is 0 Å². The number of aromatic hydroxyl groups is 1. The van der Waals surface area contributed by atoms with Gasteiger partial charge in [-0.25, -0.2) is 0 Å². The number of rotatable bonds is 4. The fourth-order valence-corrected chi connectivity index (χ4v) is 6.45. The van der Waals surface area contributed by atoms with Gasteiger partial charge in [0.05, 0.1) is 0 Å². The van der Waals surface area contributed by atoms with E-state index in [9.17, 15) is 5.11 Å². The van der Waals surface area contributed by atoms with E-state index in [1.807, 2.05) is 12.1 Å². The first-order valence-electron chi connectivity index (χ1n) is 11.5. The molecule has 0 bridgehead atoms. The summed E-state index contributed by atoms with van der Waals surface area (Å²) in [4.78, 5) is 0. The standard InChI is InChI=1S/C27H38O/c1-17(2)18(3)6-7-19(4)25-12-13-26-24-10-8-20-16-21(28)9-11-22(20)23(24)14-15-27(25,26)5/h6-7,9,11,13,16-19,23-25,28H,8,10,12,14-15H2,1-5H3/b7-6+. The summed E-state index contributed by atoms with van der Waals surface area (Å²) in [6.45, 7) is 12.0. The minimum atomic E-state index is 0.375. The van der Waals surface area contributed by atoms with Crippen LogP contribution >= 0.6 is 0 Å². The zero-order valence-electron chi connectivity index (χ0n) is 18.4. The first kappa shape index (κ1) is 19.8. The van der Waals surface area contributed by atoms with Gasteiger partial charge in [-0.2, -0.15) is 0 Å². The highest BCUT2D eigenvalue weighted by molar-refractivity contribution is 5.43. The second-order valence-electron chi connectivity index (χ2n) is 10.4. The van der Waals surface area contributed by atoms with Gasteiger partial charge in [-0.3, -0.25) is 0 Å². The van der Waals surface area contributed by atoms with Gasteiger partial charge in [-0.15, -0.1) is 0 Å². The number of aryl methyl sites for hydroxylation is 1. The van der Waals surface area contributed by atoms with E-state index < -0.39 is 0 Å². The molecule has 1 aromatic rings. The molecule has 0 aliphatic heterocycles. The molecule has 1 fully saturated rings. The quantitative estimate of drug-likeness (QED) is 0.546. The van der Waals surface area contributed by atoms with Crippen molar-refractivity contribution in [3.05, 3.63) is 53.1 Å². The summed E-state index contributed by atoms with van der Waals surface area (Å²) in [6, 6.07) is 6.10. The molecule has 0 heterocycles. The molecule has 0 radical (unpaired) electrons. The summed E-state index contributed by atoms with van der Waals surface area (Å²) in [7, 11) is 0. The van der Waals surface area contributed by atoms with Gasteiger partial charge >= 0.3 is 0 Å². The zero-order valence-corrected chi connectivity index (χ0v) is 18.4. The van der Waals surface area contributed by atoms with E-state index in [0.717, 1.165) is 12.3 Å². The average Bonchev–Trinajstić information content (AvgIpc) is 3.02. The molecule has 3 aliphatic carbocycles. The van der Waals surface area contributed by atoms with Gasteiger partial charge in [-0.05, 0) is 96.3 Å². The minimum absolute atomic E-state index is 0.375. The number of allylic oxidation sites excluding steroid dienone is 4. The lowest BCUT2D eigenvalue weighted by atomic mass is 9.55. The molecule has 1 nitrogen and oxygen atoms in total. The van der Waals surface area contributed by atoms with Crippen LogP contribution in [0, 0.1) is 35.0 Å². The van der Waals surface area contributed by atoms with Crippen LogP contribution in [0.3, 0.4) is 0 Å². The van der Waals surface area contributed by atoms with E-state index in [2.05, 4.69) is 58.9 Å². The average molecular weight is 379 g/mol. The number of phenols is 1. The van der Waals surface area contributed by atoms with Crippen molar-refractivity contribution < 1.29 is 5.11 Å². The maximum Gasteiger partial charge on any atom is 0.115 e. The Kier molecular flexibility index (Phi) is 5.23. The van der Waals surface area contributed by atoms with Gasteiger partial charge in [0.1, 0.15) is 5.75 Å². The molecule has 0 saturated heterocycles.